The Bertz CT molecular complexity index is 239. The van der Waals surface area contributed by atoms with Crippen LogP contribution in [-0.2, 0) is 4.79 Å². The number of rotatable bonds is 10. The van der Waals surface area contributed by atoms with E-state index in [0.29, 0.717) is 18.9 Å². The van der Waals surface area contributed by atoms with E-state index < -0.39 is 12.6 Å². The number of carbonyl (C=O) groups is 1. The van der Waals surface area contributed by atoms with Gasteiger partial charge >= 0.3 is 6.18 Å². The molecule has 0 fully saturated rings. The molecular formula is C13H25F3N2O. The van der Waals surface area contributed by atoms with Crippen molar-refractivity contribution < 1.29 is 18.0 Å². The normalized spacial score (nSPS) is 13.3. The molecule has 0 aliphatic carbocycles. The summed E-state index contributed by atoms with van der Waals surface area (Å²) in [7, 11) is 0. The summed E-state index contributed by atoms with van der Waals surface area (Å²) in [5.41, 5.74) is 5.50. The number of amides is 1. The SMILES string of the molecule is CCCC(CCN)CCC(=O)NCCCC(F)(F)F. The average Bonchev–Trinajstić information content (AvgIpc) is 2.31. The van der Waals surface area contributed by atoms with Gasteiger partial charge in [-0.05, 0) is 31.7 Å². The molecule has 114 valence electrons. The molecule has 0 aromatic rings. The van der Waals surface area contributed by atoms with Crippen molar-refractivity contribution in [2.75, 3.05) is 13.1 Å². The van der Waals surface area contributed by atoms with Crippen molar-refractivity contribution in [1.29, 1.82) is 0 Å². The van der Waals surface area contributed by atoms with Gasteiger partial charge in [0.05, 0.1) is 0 Å². The summed E-state index contributed by atoms with van der Waals surface area (Å²) in [5, 5.41) is 2.52. The summed E-state index contributed by atoms with van der Waals surface area (Å²) >= 11 is 0. The minimum Gasteiger partial charge on any atom is -0.356 e. The third-order valence-corrected chi connectivity index (χ3v) is 3.01. The van der Waals surface area contributed by atoms with Crippen molar-refractivity contribution in [3.8, 4) is 0 Å². The van der Waals surface area contributed by atoms with Crippen LogP contribution in [0.15, 0.2) is 0 Å². The molecule has 6 heteroatoms. The summed E-state index contributed by atoms with van der Waals surface area (Å²) in [5.74, 6) is 0.274. The number of hydrogen-bond donors (Lipinski definition) is 2. The van der Waals surface area contributed by atoms with Gasteiger partial charge in [-0.15, -0.1) is 0 Å². The van der Waals surface area contributed by atoms with E-state index in [2.05, 4.69) is 12.2 Å². The van der Waals surface area contributed by atoms with E-state index in [4.69, 9.17) is 5.73 Å². The summed E-state index contributed by atoms with van der Waals surface area (Å²) in [6.07, 6.45) is -0.925. The Morgan fingerprint density at radius 3 is 2.47 bits per heavy atom. The lowest BCUT2D eigenvalue weighted by molar-refractivity contribution is -0.136. The van der Waals surface area contributed by atoms with Crippen LogP contribution in [0.2, 0.25) is 0 Å². The molecule has 3 nitrogen and oxygen atoms in total. The summed E-state index contributed by atoms with van der Waals surface area (Å²) in [4.78, 5) is 11.5. The molecule has 0 bridgehead atoms. The minimum absolute atomic E-state index is 0.0591. The number of hydrogen-bond acceptors (Lipinski definition) is 2. The third-order valence-electron chi connectivity index (χ3n) is 3.01. The Morgan fingerprint density at radius 1 is 1.26 bits per heavy atom. The van der Waals surface area contributed by atoms with Crippen LogP contribution in [0.25, 0.3) is 0 Å². The molecule has 0 heterocycles. The first-order valence-electron chi connectivity index (χ1n) is 6.92. The highest BCUT2D eigenvalue weighted by molar-refractivity contribution is 5.75. The van der Waals surface area contributed by atoms with Gasteiger partial charge in [-0.3, -0.25) is 4.79 Å². The first kappa shape index (κ1) is 18.2. The second-order valence-corrected chi connectivity index (χ2v) is 4.84. The molecule has 19 heavy (non-hydrogen) atoms. The maximum absolute atomic E-state index is 11.9. The van der Waals surface area contributed by atoms with Gasteiger partial charge in [-0.1, -0.05) is 19.8 Å². The lowest BCUT2D eigenvalue weighted by Crippen LogP contribution is -2.26. The fourth-order valence-electron chi connectivity index (χ4n) is 2.02. The van der Waals surface area contributed by atoms with Crippen molar-refractivity contribution in [2.45, 2.75) is 58.0 Å². The lowest BCUT2D eigenvalue weighted by atomic mass is 9.94. The first-order chi connectivity index (χ1) is 8.89. The van der Waals surface area contributed by atoms with E-state index in [1.807, 2.05) is 0 Å². The second kappa shape index (κ2) is 10.1. The summed E-state index contributed by atoms with van der Waals surface area (Å²) in [6, 6.07) is 0. The van der Waals surface area contributed by atoms with Crippen molar-refractivity contribution in [3.05, 3.63) is 0 Å². The van der Waals surface area contributed by atoms with Crippen LogP contribution in [0.3, 0.4) is 0 Å². The molecule has 0 aromatic carbocycles. The molecule has 0 rings (SSSR count). The molecule has 0 aliphatic heterocycles. The van der Waals surface area contributed by atoms with E-state index in [1.165, 1.54) is 0 Å². The molecule has 0 radical (unpaired) electrons. The van der Waals surface area contributed by atoms with Gasteiger partial charge in [0, 0.05) is 19.4 Å². The maximum Gasteiger partial charge on any atom is 0.389 e. The zero-order valence-electron chi connectivity index (χ0n) is 11.6. The van der Waals surface area contributed by atoms with E-state index in [-0.39, 0.29) is 18.9 Å². The standard InChI is InChI=1S/C13H25F3N2O/c1-2-4-11(7-9-17)5-6-12(19)18-10-3-8-13(14,15)16/h11H,2-10,17H2,1H3,(H,18,19). The van der Waals surface area contributed by atoms with Gasteiger partial charge in [-0.25, -0.2) is 0 Å². The van der Waals surface area contributed by atoms with E-state index in [9.17, 15) is 18.0 Å². The van der Waals surface area contributed by atoms with Crippen LogP contribution in [0.1, 0.15) is 51.9 Å². The number of halogens is 3. The maximum atomic E-state index is 11.9. The first-order valence-corrected chi connectivity index (χ1v) is 6.92. The van der Waals surface area contributed by atoms with E-state index in [1.54, 1.807) is 0 Å². The number of alkyl halides is 3. The van der Waals surface area contributed by atoms with Crippen molar-refractivity contribution in [3.63, 3.8) is 0 Å². The minimum atomic E-state index is -4.14. The molecule has 0 aliphatic rings. The number of nitrogens with two attached hydrogens (primary N) is 1. The fraction of sp³-hybridized carbons (Fsp3) is 0.923. The molecule has 3 N–H and O–H groups in total. The summed E-state index contributed by atoms with van der Waals surface area (Å²) < 4.78 is 35.6. The highest BCUT2D eigenvalue weighted by Gasteiger charge is 2.25. The molecule has 0 aromatic heterocycles. The molecule has 1 unspecified atom stereocenters. The Morgan fingerprint density at radius 2 is 1.95 bits per heavy atom. The summed E-state index contributed by atoms with van der Waals surface area (Å²) in [6.45, 7) is 2.78. The monoisotopic (exact) mass is 282 g/mol. The largest absolute Gasteiger partial charge is 0.389 e. The van der Waals surface area contributed by atoms with Crippen LogP contribution in [-0.4, -0.2) is 25.2 Å². The molecule has 1 amide bonds. The average molecular weight is 282 g/mol. The molecule has 0 saturated heterocycles. The fourth-order valence-corrected chi connectivity index (χ4v) is 2.02. The molecular weight excluding hydrogens is 257 g/mol. The van der Waals surface area contributed by atoms with E-state index in [0.717, 1.165) is 25.7 Å². The number of carbonyl (C=O) groups excluding carboxylic acids is 1. The Labute approximate surface area is 113 Å². The zero-order chi connectivity index (χ0) is 14.7. The highest BCUT2D eigenvalue weighted by Crippen LogP contribution is 2.20. The second-order valence-electron chi connectivity index (χ2n) is 4.84. The lowest BCUT2D eigenvalue weighted by Gasteiger charge is -2.14. The van der Waals surface area contributed by atoms with Gasteiger partial charge in [-0.2, -0.15) is 13.2 Å². The molecule has 0 saturated carbocycles. The van der Waals surface area contributed by atoms with E-state index >= 15 is 0 Å². The van der Waals surface area contributed by atoms with Gasteiger partial charge in [0.1, 0.15) is 0 Å². The Balaban J connectivity index is 3.67. The van der Waals surface area contributed by atoms with Crippen molar-refractivity contribution in [2.24, 2.45) is 11.7 Å². The zero-order valence-corrected chi connectivity index (χ0v) is 11.6. The van der Waals surface area contributed by atoms with Crippen LogP contribution in [0.4, 0.5) is 13.2 Å². The smallest absolute Gasteiger partial charge is 0.356 e. The predicted octanol–water partition coefficient (Wildman–Crippen LogP) is 2.99. The van der Waals surface area contributed by atoms with Crippen molar-refractivity contribution >= 4 is 5.91 Å². The van der Waals surface area contributed by atoms with Gasteiger partial charge < -0.3 is 11.1 Å². The van der Waals surface area contributed by atoms with Crippen LogP contribution in [0, 0.1) is 5.92 Å². The van der Waals surface area contributed by atoms with Gasteiger partial charge in [0.2, 0.25) is 5.91 Å². The number of nitrogens with one attached hydrogen (secondary N) is 1. The Kier molecular flexibility index (Phi) is 9.65. The van der Waals surface area contributed by atoms with Gasteiger partial charge in [0.25, 0.3) is 0 Å². The third kappa shape index (κ3) is 12.0. The Hall–Kier alpha value is -0.780. The quantitative estimate of drug-likeness (QED) is 0.605. The molecule has 0 spiro atoms. The van der Waals surface area contributed by atoms with Gasteiger partial charge in [0.15, 0.2) is 0 Å². The van der Waals surface area contributed by atoms with Crippen molar-refractivity contribution in [1.82, 2.24) is 5.32 Å². The predicted molar refractivity (Wildman–Crippen MR) is 69.6 cm³/mol. The highest BCUT2D eigenvalue weighted by atomic mass is 19.4. The van der Waals surface area contributed by atoms with Crippen LogP contribution < -0.4 is 11.1 Å². The molecule has 1 atom stereocenters. The van der Waals surface area contributed by atoms with Crippen LogP contribution >= 0.6 is 0 Å². The van der Waals surface area contributed by atoms with Crippen LogP contribution in [0.5, 0.6) is 0 Å². The topological polar surface area (TPSA) is 55.1 Å².